The fourth-order valence-corrected chi connectivity index (χ4v) is 5.18. The molecule has 0 unspecified atom stereocenters. The van der Waals surface area contributed by atoms with Gasteiger partial charge in [-0.2, -0.15) is 0 Å². The number of amides is 2. The maximum atomic E-state index is 13.4. The van der Waals surface area contributed by atoms with E-state index in [9.17, 15) is 9.59 Å². The second-order valence-electron chi connectivity index (χ2n) is 10.2. The molecule has 2 heterocycles. The second-order valence-corrected chi connectivity index (χ2v) is 10.2. The molecule has 0 aromatic heterocycles. The molecule has 2 saturated heterocycles. The molecule has 3 rings (SSSR count). The Kier molecular flexibility index (Phi) is 10.7. The quantitative estimate of drug-likeness (QED) is 0.518. The average Bonchev–Trinajstić information content (AvgIpc) is 2.78. The fourth-order valence-electron chi connectivity index (χ4n) is 5.18. The van der Waals surface area contributed by atoms with Gasteiger partial charge in [0.05, 0.1) is 0 Å². The maximum Gasteiger partial charge on any atom is 0.246 e. The van der Waals surface area contributed by atoms with E-state index < -0.39 is 5.54 Å². The molecular formula is C27H44ClN3O2. The van der Waals surface area contributed by atoms with Crippen LogP contribution in [0.4, 0.5) is 0 Å². The summed E-state index contributed by atoms with van der Waals surface area (Å²) >= 11 is 0. The minimum atomic E-state index is -0.666. The highest BCUT2D eigenvalue weighted by molar-refractivity contribution is 6.00. The molecule has 1 N–H and O–H groups in total. The van der Waals surface area contributed by atoms with Gasteiger partial charge in [0.2, 0.25) is 11.8 Å². The zero-order valence-corrected chi connectivity index (χ0v) is 21.9. The summed E-state index contributed by atoms with van der Waals surface area (Å²) in [5.41, 5.74) is 2.07. The number of hydrogen-bond acceptors (Lipinski definition) is 3. The van der Waals surface area contributed by atoms with Crippen molar-refractivity contribution in [3.63, 3.8) is 0 Å². The van der Waals surface area contributed by atoms with E-state index in [2.05, 4.69) is 62.2 Å². The molecule has 0 aliphatic carbocycles. The Hall–Kier alpha value is -1.59. The van der Waals surface area contributed by atoms with Gasteiger partial charge in [-0.15, -0.1) is 12.4 Å². The molecule has 2 amide bonds. The van der Waals surface area contributed by atoms with Gasteiger partial charge in [0.1, 0.15) is 11.6 Å². The van der Waals surface area contributed by atoms with E-state index in [-0.39, 0.29) is 30.3 Å². The number of likely N-dealkylation sites (tertiary alicyclic amines) is 1. The molecule has 1 aromatic rings. The van der Waals surface area contributed by atoms with E-state index in [4.69, 9.17) is 0 Å². The number of nitrogens with one attached hydrogen (secondary N) is 1. The van der Waals surface area contributed by atoms with Crippen LogP contribution in [0.1, 0.15) is 83.8 Å². The van der Waals surface area contributed by atoms with Gasteiger partial charge in [-0.25, -0.2) is 0 Å². The lowest BCUT2D eigenvalue weighted by atomic mass is 9.80. The SMILES string of the molecule is CCCCc1ccc(CN2CCC3(CC2)C(=O)N[C@@H](CC(C)C)C(=O)N3CCCC)cc1.Cl. The van der Waals surface area contributed by atoms with Gasteiger partial charge in [0.15, 0.2) is 0 Å². The molecule has 2 aliphatic heterocycles. The van der Waals surface area contributed by atoms with Gasteiger partial charge < -0.3 is 10.2 Å². The molecule has 2 aliphatic rings. The van der Waals surface area contributed by atoms with Crippen molar-refractivity contribution in [2.45, 2.75) is 97.2 Å². The monoisotopic (exact) mass is 477 g/mol. The molecule has 2 fully saturated rings. The number of aryl methyl sites for hydroxylation is 1. The first-order chi connectivity index (χ1) is 15.4. The lowest BCUT2D eigenvalue weighted by Crippen LogP contribution is -2.73. The zero-order chi connectivity index (χ0) is 23.1. The molecule has 1 atom stereocenters. The van der Waals surface area contributed by atoms with Crippen LogP contribution in [-0.4, -0.2) is 52.8 Å². The Morgan fingerprint density at radius 1 is 1.00 bits per heavy atom. The first-order valence-corrected chi connectivity index (χ1v) is 12.8. The number of rotatable bonds is 10. The molecule has 6 heteroatoms. The number of hydrogen-bond donors (Lipinski definition) is 1. The van der Waals surface area contributed by atoms with Gasteiger partial charge in [-0.3, -0.25) is 14.5 Å². The standard InChI is InChI=1S/C27H43N3O2.ClH/c1-5-7-9-22-10-12-23(13-11-22)20-29-17-14-27(15-18-29)26(32)28-24(19-21(3)4)25(31)30(27)16-8-6-2;/h10-13,21,24H,5-9,14-20H2,1-4H3,(H,28,32);1H/t24-;/m0./s1. The Morgan fingerprint density at radius 3 is 2.18 bits per heavy atom. The third-order valence-electron chi connectivity index (χ3n) is 7.18. The summed E-state index contributed by atoms with van der Waals surface area (Å²) in [6.07, 6.45) is 7.73. The molecule has 186 valence electrons. The smallest absolute Gasteiger partial charge is 0.246 e. The second kappa shape index (κ2) is 12.8. The number of piperazine rings is 1. The van der Waals surface area contributed by atoms with Crippen molar-refractivity contribution in [2.24, 2.45) is 5.92 Å². The summed E-state index contributed by atoms with van der Waals surface area (Å²) in [6.45, 7) is 11.9. The Labute approximate surface area is 207 Å². The van der Waals surface area contributed by atoms with E-state index in [1.54, 1.807) is 0 Å². The first-order valence-electron chi connectivity index (χ1n) is 12.8. The van der Waals surface area contributed by atoms with Crippen molar-refractivity contribution in [3.05, 3.63) is 35.4 Å². The summed E-state index contributed by atoms with van der Waals surface area (Å²) in [7, 11) is 0. The molecule has 33 heavy (non-hydrogen) atoms. The van der Waals surface area contributed by atoms with Crippen LogP contribution >= 0.6 is 12.4 Å². The third-order valence-corrected chi connectivity index (χ3v) is 7.18. The first kappa shape index (κ1) is 27.7. The summed E-state index contributed by atoms with van der Waals surface area (Å²) in [4.78, 5) is 31.1. The highest BCUT2D eigenvalue weighted by Crippen LogP contribution is 2.34. The highest BCUT2D eigenvalue weighted by Gasteiger charge is 2.53. The molecular weight excluding hydrogens is 434 g/mol. The summed E-state index contributed by atoms with van der Waals surface area (Å²) in [6, 6.07) is 8.64. The maximum absolute atomic E-state index is 13.4. The van der Waals surface area contributed by atoms with Gasteiger partial charge >= 0.3 is 0 Å². The molecule has 1 spiro atoms. The van der Waals surface area contributed by atoms with Crippen molar-refractivity contribution < 1.29 is 9.59 Å². The van der Waals surface area contributed by atoms with E-state index in [1.807, 2.05) is 4.90 Å². The Morgan fingerprint density at radius 2 is 1.61 bits per heavy atom. The van der Waals surface area contributed by atoms with Crippen LogP contribution in [0.2, 0.25) is 0 Å². The summed E-state index contributed by atoms with van der Waals surface area (Å²) in [5.74, 6) is 0.572. The third kappa shape index (κ3) is 6.73. The number of carbonyl (C=O) groups excluding carboxylic acids is 2. The largest absolute Gasteiger partial charge is 0.342 e. The van der Waals surface area contributed by atoms with Crippen LogP contribution in [-0.2, 0) is 22.6 Å². The Bertz CT molecular complexity index is 757. The predicted molar refractivity (Wildman–Crippen MR) is 138 cm³/mol. The highest BCUT2D eigenvalue weighted by atomic mass is 35.5. The molecule has 0 bridgehead atoms. The van der Waals surface area contributed by atoms with Crippen molar-refractivity contribution >= 4 is 24.2 Å². The van der Waals surface area contributed by atoms with E-state index in [0.29, 0.717) is 18.9 Å². The average molecular weight is 478 g/mol. The van der Waals surface area contributed by atoms with Crippen molar-refractivity contribution in [1.82, 2.24) is 15.1 Å². The lowest BCUT2D eigenvalue weighted by Gasteiger charge is -2.52. The van der Waals surface area contributed by atoms with Crippen LogP contribution in [0.15, 0.2) is 24.3 Å². The van der Waals surface area contributed by atoms with Gasteiger partial charge in [0, 0.05) is 26.2 Å². The van der Waals surface area contributed by atoms with Gasteiger partial charge in [0.25, 0.3) is 0 Å². The summed E-state index contributed by atoms with van der Waals surface area (Å²) < 4.78 is 0. The minimum Gasteiger partial charge on any atom is -0.342 e. The topological polar surface area (TPSA) is 52.7 Å². The minimum absolute atomic E-state index is 0. The number of benzene rings is 1. The van der Waals surface area contributed by atoms with Crippen LogP contribution in [0.3, 0.4) is 0 Å². The van der Waals surface area contributed by atoms with E-state index >= 15 is 0 Å². The predicted octanol–water partition coefficient (Wildman–Crippen LogP) is 4.96. The molecule has 1 aromatic carbocycles. The zero-order valence-electron chi connectivity index (χ0n) is 21.1. The normalized spacial score (nSPS) is 20.8. The summed E-state index contributed by atoms with van der Waals surface area (Å²) in [5, 5.41) is 3.10. The molecule has 0 radical (unpaired) electrons. The number of halogens is 1. The van der Waals surface area contributed by atoms with Crippen molar-refractivity contribution in [1.29, 1.82) is 0 Å². The number of carbonyl (C=O) groups is 2. The van der Waals surface area contributed by atoms with Crippen LogP contribution in [0, 0.1) is 5.92 Å². The molecule has 0 saturated carbocycles. The van der Waals surface area contributed by atoms with Gasteiger partial charge in [-0.1, -0.05) is 64.8 Å². The lowest BCUT2D eigenvalue weighted by molar-refractivity contribution is -0.161. The Balaban J connectivity index is 0.00000385. The van der Waals surface area contributed by atoms with Crippen LogP contribution in [0.5, 0.6) is 0 Å². The number of nitrogens with zero attached hydrogens (tertiary/aromatic N) is 2. The number of piperidine rings is 1. The van der Waals surface area contributed by atoms with Crippen LogP contribution < -0.4 is 5.32 Å². The number of unbranched alkanes of at least 4 members (excludes halogenated alkanes) is 2. The van der Waals surface area contributed by atoms with Crippen molar-refractivity contribution in [2.75, 3.05) is 19.6 Å². The van der Waals surface area contributed by atoms with E-state index in [1.165, 1.54) is 24.0 Å². The van der Waals surface area contributed by atoms with Crippen molar-refractivity contribution in [3.8, 4) is 0 Å². The fraction of sp³-hybridized carbons (Fsp3) is 0.704. The molecule has 5 nitrogen and oxygen atoms in total. The van der Waals surface area contributed by atoms with E-state index in [0.717, 1.165) is 51.7 Å². The van der Waals surface area contributed by atoms with Crippen LogP contribution in [0.25, 0.3) is 0 Å². The van der Waals surface area contributed by atoms with Gasteiger partial charge in [-0.05, 0) is 55.6 Å².